The van der Waals surface area contributed by atoms with E-state index in [0.29, 0.717) is 22.4 Å². The van der Waals surface area contributed by atoms with Crippen molar-refractivity contribution in [3.63, 3.8) is 0 Å². The third-order valence-corrected chi connectivity index (χ3v) is 6.31. The highest BCUT2D eigenvalue weighted by Gasteiger charge is 2.25. The predicted octanol–water partition coefficient (Wildman–Crippen LogP) is 5.71. The number of fused-ring (bicyclic) bond motifs is 1. The summed E-state index contributed by atoms with van der Waals surface area (Å²) in [5.74, 6) is -0.0779. The Bertz CT molecular complexity index is 1190. The van der Waals surface area contributed by atoms with E-state index in [1.54, 1.807) is 16.2 Å². The molecule has 0 radical (unpaired) electrons. The van der Waals surface area contributed by atoms with Crippen LogP contribution in [0.3, 0.4) is 0 Å². The lowest BCUT2D eigenvalue weighted by molar-refractivity contribution is 0.0744. The molecule has 3 aromatic heterocycles. The van der Waals surface area contributed by atoms with Gasteiger partial charge in [-0.05, 0) is 45.4 Å². The van der Waals surface area contributed by atoms with Gasteiger partial charge in [-0.1, -0.05) is 35.5 Å². The molecule has 1 aromatic carbocycles. The zero-order valence-corrected chi connectivity index (χ0v) is 18.0. The summed E-state index contributed by atoms with van der Waals surface area (Å²) in [6.07, 6.45) is 0. The van der Waals surface area contributed by atoms with Crippen LogP contribution in [0.5, 0.6) is 0 Å². The first kappa shape index (κ1) is 19.3. The van der Waals surface area contributed by atoms with Crippen molar-refractivity contribution >= 4 is 28.3 Å². The Hall–Kier alpha value is -2.99. The van der Waals surface area contributed by atoms with Gasteiger partial charge in [-0.3, -0.25) is 4.79 Å². The molecule has 5 nitrogen and oxygen atoms in total. The Morgan fingerprint density at radius 2 is 1.86 bits per heavy atom. The number of carbonyl (C=O) groups is 1. The second-order valence-corrected chi connectivity index (χ2v) is 8.79. The number of hydrogen-bond acceptors (Lipinski definition) is 5. The molecule has 6 heteroatoms. The van der Waals surface area contributed by atoms with E-state index in [2.05, 4.69) is 30.1 Å². The number of nitrogens with zero attached hydrogens (tertiary/aromatic N) is 3. The summed E-state index contributed by atoms with van der Waals surface area (Å²) >= 11 is 1.72. The van der Waals surface area contributed by atoms with Crippen LogP contribution in [0.2, 0.25) is 0 Å². The molecule has 0 fully saturated rings. The maximum atomic E-state index is 13.5. The summed E-state index contributed by atoms with van der Waals surface area (Å²) in [7, 11) is 1.83. The van der Waals surface area contributed by atoms with Gasteiger partial charge in [0.15, 0.2) is 0 Å². The molecule has 1 amide bonds. The molecule has 0 N–H and O–H groups in total. The van der Waals surface area contributed by atoms with Crippen LogP contribution >= 0.6 is 11.3 Å². The van der Waals surface area contributed by atoms with Gasteiger partial charge in [0.1, 0.15) is 0 Å². The van der Waals surface area contributed by atoms with Gasteiger partial charge in [0.2, 0.25) is 0 Å². The van der Waals surface area contributed by atoms with Crippen molar-refractivity contribution in [2.75, 3.05) is 7.05 Å². The van der Waals surface area contributed by atoms with Crippen molar-refractivity contribution in [3.05, 3.63) is 69.0 Å². The molecule has 0 aliphatic rings. The van der Waals surface area contributed by atoms with Gasteiger partial charge in [-0.15, -0.1) is 11.3 Å². The molecule has 4 aromatic rings. The predicted molar refractivity (Wildman–Crippen MR) is 116 cm³/mol. The Morgan fingerprint density at radius 1 is 1.14 bits per heavy atom. The number of aromatic nitrogens is 2. The van der Waals surface area contributed by atoms with Crippen LogP contribution in [0.15, 0.2) is 47.0 Å². The van der Waals surface area contributed by atoms with Crippen LogP contribution < -0.4 is 0 Å². The number of hydrogen-bond donors (Lipinski definition) is 0. The van der Waals surface area contributed by atoms with Gasteiger partial charge in [0.25, 0.3) is 11.6 Å². The van der Waals surface area contributed by atoms with Gasteiger partial charge < -0.3 is 9.42 Å². The molecule has 0 bridgehead atoms. The normalized spacial score (nSPS) is 12.3. The highest BCUT2D eigenvalue weighted by atomic mass is 32.1. The Kier molecular flexibility index (Phi) is 4.96. The minimum atomic E-state index is -0.0779. The molecular weight excluding hydrogens is 382 g/mol. The monoisotopic (exact) mass is 405 g/mol. The summed E-state index contributed by atoms with van der Waals surface area (Å²) in [4.78, 5) is 22.3. The molecule has 29 heavy (non-hydrogen) atoms. The molecule has 0 aliphatic carbocycles. The van der Waals surface area contributed by atoms with Crippen molar-refractivity contribution < 1.29 is 9.32 Å². The molecule has 0 spiro atoms. The van der Waals surface area contributed by atoms with Gasteiger partial charge >= 0.3 is 0 Å². The minimum absolute atomic E-state index is 0.0688. The lowest BCUT2D eigenvalue weighted by Crippen LogP contribution is -2.30. The van der Waals surface area contributed by atoms with Gasteiger partial charge in [-0.2, -0.15) is 0 Å². The molecule has 0 aliphatic heterocycles. The van der Waals surface area contributed by atoms with Gasteiger partial charge in [0, 0.05) is 22.4 Å². The first-order chi connectivity index (χ1) is 13.9. The topological polar surface area (TPSA) is 59.2 Å². The third kappa shape index (κ3) is 3.44. The van der Waals surface area contributed by atoms with Crippen molar-refractivity contribution in [2.24, 2.45) is 0 Å². The molecular formula is C23H23N3O2S. The number of aryl methyl sites for hydroxylation is 3. The highest BCUT2D eigenvalue weighted by molar-refractivity contribution is 7.12. The zero-order chi connectivity index (χ0) is 20.7. The highest BCUT2D eigenvalue weighted by Crippen LogP contribution is 2.34. The number of carbonyl (C=O) groups excluding carboxylic acids is 1. The molecule has 1 atom stereocenters. The second-order valence-electron chi connectivity index (χ2n) is 7.33. The van der Waals surface area contributed by atoms with Crippen molar-refractivity contribution in [2.45, 2.75) is 33.7 Å². The zero-order valence-electron chi connectivity index (χ0n) is 17.2. The number of rotatable bonds is 4. The van der Waals surface area contributed by atoms with E-state index in [9.17, 15) is 4.79 Å². The largest absolute Gasteiger partial charge is 0.335 e. The summed E-state index contributed by atoms with van der Waals surface area (Å²) in [6.45, 7) is 8.00. The second kappa shape index (κ2) is 7.44. The number of thiophene rings is 1. The first-order valence-electron chi connectivity index (χ1n) is 9.53. The number of amides is 1. The molecule has 1 unspecified atom stereocenters. The van der Waals surface area contributed by atoms with E-state index in [1.165, 1.54) is 4.88 Å². The number of pyridine rings is 1. The van der Waals surface area contributed by atoms with Crippen molar-refractivity contribution in [1.29, 1.82) is 0 Å². The average Bonchev–Trinajstić information content (AvgIpc) is 3.27. The van der Waals surface area contributed by atoms with E-state index in [-0.39, 0.29) is 11.9 Å². The summed E-state index contributed by atoms with van der Waals surface area (Å²) in [6, 6.07) is 13.9. The van der Waals surface area contributed by atoms with E-state index in [1.807, 2.05) is 57.3 Å². The van der Waals surface area contributed by atoms with E-state index >= 15 is 0 Å². The standard InChI is InChI=1S/C23H23N3O2S/c1-13-11-18(16(4)29-13)20-12-19(21-14(2)25-28-22(21)24-20)23(27)26(5)15(3)17-9-7-6-8-10-17/h6-12,15H,1-5H3. The fourth-order valence-corrected chi connectivity index (χ4v) is 4.54. The SMILES string of the molecule is Cc1cc(-c2cc(C(=O)N(C)C(C)c3ccccc3)c3c(C)noc3n2)c(C)s1. The molecule has 0 saturated heterocycles. The Labute approximate surface area is 174 Å². The van der Waals surface area contributed by atoms with E-state index < -0.39 is 0 Å². The van der Waals surface area contributed by atoms with Crippen molar-refractivity contribution in [3.8, 4) is 11.3 Å². The Balaban J connectivity index is 1.82. The quantitative estimate of drug-likeness (QED) is 0.436. The minimum Gasteiger partial charge on any atom is -0.335 e. The smallest absolute Gasteiger partial charge is 0.259 e. The van der Waals surface area contributed by atoms with Gasteiger partial charge in [0.05, 0.1) is 28.4 Å². The first-order valence-corrected chi connectivity index (χ1v) is 10.3. The maximum Gasteiger partial charge on any atom is 0.259 e. The van der Waals surface area contributed by atoms with E-state index in [0.717, 1.165) is 21.7 Å². The maximum absolute atomic E-state index is 13.5. The van der Waals surface area contributed by atoms with Crippen LogP contribution in [0.25, 0.3) is 22.4 Å². The third-order valence-electron chi connectivity index (χ3n) is 5.35. The molecule has 4 rings (SSSR count). The molecule has 3 heterocycles. The van der Waals surface area contributed by atoms with Crippen LogP contribution in [-0.2, 0) is 0 Å². The summed E-state index contributed by atoms with van der Waals surface area (Å²) < 4.78 is 5.44. The number of benzene rings is 1. The van der Waals surface area contributed by atoms with Gasteiger partial charge in [-0.25, -0.2) is 4.98 Å². The average molecular weight is 406 g/mol. The van der Waals surface area contributed by atoms with Crippen molar-refractivity contribution in [1.82, 2.24) is 15.0 Å². The van der Waals surface area contributed by atoms with Crippen LogP contribution in [0.4, 0.5) is 0 Å². The van der Waals surface area contributed by atoms with Crippen LogP contribution in [-0.4, -0.2) is 28.0 Å². The fourth-order valence-electron chi connectivity index (χ4n) is 3.61. The molecule has 0 saturated carbocycles. The van der Waals surface area contributed by atoms with Crippen LogP contribution in [0, 0.1) is 20.8 Å². The Morgan fingerprint density at radius 3 is 2.52 bits per heavy atom. The lowest BCUT2D eigenvalue weighted by atomic mass is 10.0. The summed E-state index contributed by atoms with van der Waals surface area (Å²) in [5, 5.41) is 4.73. The lowest BCUT2D eigenvalue weighted by Gasteiger charge is -2.26. The fraction of sp³-hybridized carbons (Fsp3) is 0.261. The molecule has 148 valence electrons. The van der Waals surface area contributed by atoms with E-state index in [4.69, 9.17) is 4.52 Å². The van der Waals surface area contributed by atoms with Crippen LogP contribution in [0.1, 0.15) is 44.3 Å². The summed E-state index contributed by atoms with van der Waals surface area (Å²) in [5.41, 5.74) is 4.47.